The van der Waals surface area contributed by atoms with Crippen LogP contribution in [0.4, 0.5) is 0 Å². The number of carbonyl (C=O) groups is 1. The van der Waals surface area contributed by atoms with Gasteiger partial charge in [0.1, 0.15) is 0 Å². The van der Waals surface area contributed by atoms with Crippen molar-refractivity contribution in [1.29, 1.82) is 0 Å². The second kappa shape index (κ2) is 9.32. The molecule has 19 heavy (non-hydrogen) atoms. The fraction of sp³-hybridized carbons (Fsp3) is 0.933. The van der Waals surface area contributed by atoms with Crippen molar-refractivity contribution in [3.05, 3.63) is 0 Å². The minimum atomic E-state index is 0.179. The number of likely N-dealkylation sites (tertiary alicyclic amines) is 1. The average Bonchev–Trinajstić information content (AvgIpc) is 2.38. The molecule has 0 unspecified atom stereocenters. The molecule has 0 aromatic carbocycles. The maximum Gasteiger partial charge on any atom is 0.234 e. The van der Waals surface area contributed by atoms with E-state index in [2.05, 4.69) is 36.3 Å². The normalized spacial score (nSPS) is 17.9. The van der Waals surface area contributed by atoms with Gasteiger partial charge in [-0.05, 0) is 57.3 Å². The topological polar surface area (TPSA) is 44.4 Å². The van der Waals surface area contributed by atoms with Gasteiger partial charge in [-0.1, -0.05) is 20.8 Å². The molecule has 0 spiro atoms. The number of carbonyl (C=O) groups excluding carboxylic acids is 1. The number of hydrogen-bond donors (Lipinski definition) is 2. The maximum atomic E-state index is 11.6. The van der Waals surface area contributed by atoms with Crippen LogP contribution >= 0.6 is 0 Å². The first kappa shape index (κ1) is 16.4. The minimum absolute atomic E-state index is 0.179. The first-order chi connectivity index (χ1) is 9.11. The van der Waals surface area contributed by atoms with Gasteiger partial charge in [0, 0.05) is 6.54 Å². The second-order valence-corrected chi connectivity index (χ2v) is 6.12. The molecule has 1 saturated heterocycles. The summed E-state index contributed by atoms with van der Waals surface area (Å²) < 4.78 is 0. The lowest BCUT2D eigenvalue weighted by molar-refractivity contribution is -0.122. The van der Waals surface area contributed by atoms with Gasteiger partial charge in [-0.25, -0.2) is 0 Å². The summed E-state index contributed by atoms with van der Waals surface area (Å²) in [5, 5.41) is 6.48. The average molecular weight is 269 g/mol. The number of amides is 1. The zero-order valence-corrected chi connectivity index (χ0v) is 12.9. The summed E-state index contributed by atoms with van der Waals surface area (Å²) in [5.74, 6) is 1.69. The van der Waals surface area contributed by atoms with E-state index in [-0.39, 0.29) is 5.91 Å². The highest BCUT2D eigenvalue weighted by Gasteiger charge is 2.20. The highest BCUT2D eigenvalue weighted by Crippen LogP contribution is 2.16. The first-order valence-corrected chi connectivity index (χ1v) is 7.81. The van der Waals surface area contributed by atoms with Gasteiger partial charge in [-0.15, -0.1) is 0 Å². The van der Waals surface area contributed by atoms with Gasteiger partial charge >= 0.3 is 0 Å². The van der Waals surface area contributed by atoms with E-state index in [1.165, 1.54) is 12.8 Å². The number of nitrogens with one attached hydrogen (secondary N) is 2. The maximum absolute atomic E-state index is 11.6. The van der Waals surface area contributed by atoms with Gasteiger partial charge in [0.15, 0.2) is 0 Å². The minimum Gasteiger partial charge on any atom is -0.355 e. The Morgan fingerprint density at radius 1 is 1.32 bits per heavy atom. The van der Waals surface area contributed by atoms with E-state index in [9.17, 15) is 4.79 Å². The van der Waals surface area contributed by atoms with Gasteiger partial charge in [0.25, 0.3) is 0 Å². The Hall–Kier alpha value is -0.610. The van der Waals surface area contributed by atoms with Crippen molar-refractivity contribution in [2.75, 3.05) is 39.3 Å². The van der Waals surface area contributed by atoms with E-state index in [1.807, 2.05) is 0 Å². The zero-order chi connectivity index (χ0) is 14.1. The Bertz CT molecular complexity index is 248. The van der Waals surface area contributed by atoms with Crippen LogP contribution in [0.15, 0.2) is 0 Å². The van der Waals surface area contributed by atoms with E-state index in [1.54, 1.807) is 0 Å². The molecule has 1 aliphatic heterocycles. The molecule has 0 saturated carbocycles. The van der Waals surface area contributed by atoms with E-state index >= 15 is 0 Å². The molecule has 4 nitrogen and oxygen atoms in total. The molecule has 0 bridgehead atoms. The Morgan fingerprint density at radius 2 is 2.00 bits per heavy atom. The Morgan fingerprint density at radius 3 is 2.58 bits per heavy atom. The van der Waals surface area contributed by atoms with Crippen LogP contribution in [-0.4, -0.2) is 50.1 Å². The molecular formula is C15H31N3O. The Balaban J connectivity index is 2.09. The van der Waals surface area contributed by atoms with Gasteiger partial charge < -0.3 is 10.6 Å². The largest absolute Gasteiger partial charge is 0.355 e. The third-order valence-corrected chi connectivity index (χ3v) is 3.63. The summed E-state index contributed by atoms with van der Waals surface area (Å²) in [6.07, 6.45) is 3.44. The van der Waals surface area contributed by atoms with Crippen molar-refractivity contribution in [2.45, 2.75) is 40.0 Å². The molecule has 0 aromatic rings. The molecule has 0 atom stereocenters. The molecule has 1 heterocycles. The van der Waals surface area contributed by atoms with Crippen molar-refractivity contribution in [1.82, 2.24) is 15.5 Å². The summed E-state index contributed by atoms with van der Waals surface area (Å²) in [6, 6.07) is 0. The van der Waals surface area contributed by atoms with Crippen LogP contribution in [0.2, 0.25) is 0 Å². The van der Waals surface area contributed by atoms with Gasteiger partial charge in [-0.2, -0.15) is 0 Å². The SMILES string of the molecule is CCCNC(=O)CN1CCC(CNCC(C)C)CC1. The van der Waals surface area contributed by atoms with E-state index in [0.717, 1.165) is 51.0 Å². The molecule has 2 N–H and O–H groups in total. The molecule has 1 fully saturated rings. The van der Waals surface area contributed by atoms with Gasteiger partial charge in [-0.3, -0.25) is 9.69 Å². The molecular weight excluding hydrogens is 238 g/mol. The van der Waals surface area contributed by atoms with E-state index < -0.39 is 0 Å². The molecule has 0 aromatic heterocycles. The van der Waals surface area contributed by atoms with Crippen LogP contribution in [0, 0.1) is 11.8 Å². The first-order valence-electron chi connectivity index (χ1n) is 7.81. The summed E-state index contributed by atoms with van der Waals surface area (Å²) in [7, 11) is 0. The van der Waals surface area contributed by atoms with Gasteiger partial charge in [0.05, 0.1) is 6.54 Å². The summed E-state index contributed by atoms with van der Waals surface area (Å²) in [6.45, 7) is 12.3. The van der Waals surface area contributed by atoms with Crippen LogP contribution in [0.25, 0.3) is 0 Å². The molecule has 1 aliphatic rings. The predicted molar refractivity (Wildman–Crippen MR) is 80.2 cm³/mol. The van der Waals surface area contributed by atoms with Crippen LogP contribution in [0.1, 0.15) is 40.0 Å². The number of hydrogen-bond acceptors (Lipinski definition) is 3. The second-order valence-electron chi connectivity index (χ2n) is 6.12. The molecule has 1 rings (SSSR count). The van der Waals surface area contributed by atoms with Crippen molar-refractivity contribution in [2.24, 2.45) is 11.8 Å². The number of rotatable bonds is 8. The quantitative estimate of drug-likeness (QED) is 0.701. The number of nitrogens with zero attached hydrogens (tertiary/aromatic N) is 1. The van der Waals surface area contributed by atoms with Crippen LogP contribution in [0.5, 0.6) is 0 Å². The molecule has 112 valence electrons. The summed E-state index contributed by atoms with van der Waals surface area (Å²) >= 11 is 0. The lowest BCUT2D eigenvalue weighted by atomic mass is 9.96. The molecule has 4 heteroatoms. The molecule has 0 aliphatic carbocycles. The zero-order valence-electron chi connectivity index (χ0n) is 12.9. The Labute approximate surface area is 118 Å². The van der Waals surface area contributed by atoms with E-state index in [0.29, 0.717) is 6.54 Å². The fourth-order valence-corrected chi connectivity index (χ4v) is 2.45. The number of piperidine rings is 1. The third-order valence-electron chi connectivity index (χ3n) is 3.63. The van der Waals surface area contributed by atoms with Crippen LogP contribution < -0.4 is 10.6 Å². The van der Waals surface area contributed by atoms with Crippen molar-refractivity contribution in [3.63, 3.8) is 0 Å². The monoisotopic (exact) mass is 269 g/mol. The molecule has 0 radical (unpaired) electrons. The van der Waals surface area contributed by atoms with Gasteiger partial charge in [0.2, 0.25) is 5.91 Å². The highest BCUT2D eigenvalue weighted by atomic mass is 16.2. The summed E-state index contributed by atoms with van der Waals surface area (Å²) in [5.41, 5.74) is 0. The van der Waals surface area contributed by atoms with Crippen molar-refractivity contribution < 1.29 is 4.79 Å². The fourth-order valence-electron chi connectivity index (χ4n) is 2.45. The highest BCUT2D eigenvalue weighted by molar-refractivity contribution is 5.77. The van der Waals surface area contributed by atoms with Crippen molar-refractivity contribution >= 4 is 5.91 Å². The molecule has 1 amide bonds. The third kappa shape index (κ3) is 7.53. The van der Waals surface area contributed by atoms with Crippen LogP contribution in [0.3, 0.4) is 0 Å². The lowest BCUT2D eigenvalue weighted by Crippen LogP contribution is -2.43. The van der Waals surface area contributed by atoms with E-state index in [4.69, 9.17) is 0 Å². The summed E-state index contributed by atoms with van der Waals surface area (Å²) in [4.78, 5) is 13.9. The van der Waals surface area contributed by atoms with Crippen molar-refractivity contribution in [3.8, 4) is 0 Å². The van der Waals surface area contributed by atoms with Crippen LogP contribution in [-0.2, 0) is 4.79 Å². The lowest BCUT2D eigenvalue weighted by Gasteiger charge is -2.31. The predicted octanol–water partition coefficient (Wildman–Crippen LogP) is 1.47. The Kier molecular flexibility index (Phi) is 8.07. The standard InChI is InChI=1S/C15H31N3O/c1-4-7-17-15(19)12-18-8-5-14(6-9-18)11-16-10-13(2)3/h13-14,16H,4-12H2,1-3H3,(H,17,19). The smallest absolute Gasteiger partial charge is 0.234 e.